The summed E-state index contributed by atoms with van der Waals surface area (Å²) in [5, 5.41) is 0.900. The molecule has 1 aromatic heterocycles. The van der Waals surface area contributed by atoms with Crippen LogP contribution in [0.25, 0.3) is 16.6 Å². The Bertz CT molecular complexity index is 838. The predicted molar refractivity (Wildman–Crippen MR) is 85.9 cm³/mol. The first-order chi connectivity index (χ1) is 11.0. The van der Waals surface area contributed by atoms with Gasteiger partial charge in [0.05, 0.1) is 12.6 Å². The smallest absolute Gasteiger partial charge is 0.387 e. The van der Waals surface area contributed by atoms with Crippen molar-refractivity contribution in [2.24, 2.45) is 0 Å². The summed E-state index contributed by atoms with van der Waals surface area (Å²) in [6.45, 7) is 1.16. The van der Waals surface area contributed by atoms with E-state index in [1.54, 1.807) is 25.3 Å². The molecule has 0 aliphatic heterocycles. The molecule has 0 spiro atoms. The Morgan fingerprint density at radius 3 is 2.22 bits per heavy atom. The van der Waals surface area contributed by atoms with Gasteiger partial charge in [-0.15, -0.1) is 0 Å². The third-order valence-corrected chi connectivity index (χ3v) is 4.05. The molecule has 0 saturated carbocycles. The molecule has 0 amide bonds. The second kappa shape index (κ2) is 5.91. The fraction of sp³-hybridized carbons (Fsp3) is 0.222. The highest BCUT2D eigenvalue weighted by molar-refractivity contribution is 5.88. The molecule has 0 N–H and O–H groups in total. The maximum absolute atomic E-state index is 12.4. The van der Waals surface area contributed by atoms with Crippen molar-refractivity contribution in [3.05, 3.63) is 53.7 Å². The number of alkyl halides is 2. The van der Waals surface area contributed by atoms with E-state index in [9.17, 15) is 8.78 Å². The highest BCUT2D eigenvalue weighted by Gasteiger charge is 2.14. The van der Waals surface area contributed by atoms with E-state index in [4.69, 9.17) is 4.74 Å². The number of benzene rings is 2. The minimum absolute atomic E-state index is 0.169. The van der Waals surface area contributed by atoms with E-state index in [2.05, 4.69) is 9.30 Å². The van der Waals surface area contributed by atoms with Crippen LogP contribution >= 0.6 is 0 Å². The molecule has 0 fully saturated rings. The van der Waals surface area contributed by atoms with Crippen molar-refractivity contribution < 1.29 is 18.3 Å². The molecule has 0 bridgehead atoms. The van der Waals surface area contributed by atoms with Crippen molar-refractivity contribution in [3.8, 4) is 17.2 Å². The van der Waals surface area contributed by atoms with Gasteiger partial charge in [0.2, 0.25) is 0 Å². The zero-order valence-corrected chi connectivity index (χ0v) is 13.1. The number of rotatable bonds is 4. The van der Waals surface area contributed by atoms with Gasteiger partial charge in [-0.2, -0.15) is 8.78 Å². The van der Waals surface area contributed by atoms with Crippen molar-refractivity contribution in [2.75, 3.05) is 7.11 Å². The minimum atomic E-state index is -2.82. The zero-order valence-electron chi connectivity index (χ0n) is 13.1. The maximum atomic E-state index is 12.4. The molecule has 5 heteroatoms. The van der Waals surface area contributed by atoms with Crippen LogP contribution < -0.4 is 9.47 Å². The monoisotopic (exact) mass is 317 g/mol. The number of aromatic nitrogens is 1. The van der Waals surface area contributed by atoms with Crippen molar-refractivity contribution in [1.29, 1.82) is 0 Å². The van der Waals surface area contributed by atoms with Gasteiger partial charge in [0.15, 0.2) is 0 Å². The second-order valence-corrected chi connectivity index (χ2v) is 5.30. The zero-order chi connectivity index (χ0) is 16.6. The Labute approximate surface area is 133 Å². The van der Waals surface area contributed by atoms with Crippen molar-refractivity contribution >= 4 is 10.9 Å². The van der Waals surface area contributed by atoms with Crippen LogP contribution in [-0.2, 0) is 0 Å². The van der Waals surface area contributed by atoms with E-state index in [1.165, 1.54) is 0 Å². The van der Waals surface area contributed by atoms with Crippen LogP contribution in [0.4, 0.5) is 8.78 Å². The summed E-state index contributed by atoms with van der Waals surface area (Å²) >= 11 is 0. The van der Waals surface area contributed by atoms with Gasteiger partial charge in [-0.3, -0.25) is 0 Å². The number of methoxy groups -OCH3 is 1. The van der Waals surface area contributed by atoms with Crippen LogP contribution in [0, 0.1) is 13.8 Å². The first-order valence-corrected chi connectivity index (χ1v) is 7.22. The van der Waals surface area contributed by atoms with Crippen LogP contribution in [0.2, 0.25) is 0 Å². The van der Waals surface area contributed by atoms with E-state index < -0.39 is 6.61 Å². The van der Waals surface area contributed by atoms with Gasteiger partial charge in [-0.05, 0) is 61.9 Å². The Morgan fingerprint density at radius 1 is 0.957 bits per heavy atom. The molecule has 3 nitrogen and oxygen atoms in total. The summed E-state index contributed by atoms with van der Waals surface area (Å²) in [6, 6.07) is 12.7. The molecule has 3 rings (SSSR count). The quantitative estimate of drug-likeness (QED) is 0.686. The largest absolute Gasteiger partial charge is 0.497 e. The van der Waals surface area contributed by atoms with Crippen LogP contribution in [-0.4, -0.2) is 18.3 Å². The van der Waals surface area contributed by atoms with Gasteiger partial charge in [-0.25, -0.2) is 0 Å². The number of aryl methyl sites for hydroxylation is 1. The van der Waals surface area contributed by atoms with E-state index in [-0.39, 0.29) is 5.75 Å². The summed E-state index contributed by atoms with van der Waals surface area (Å²) in [4.78, 5) is 0. The van der Waals surface area contributed by atoms with Crippen molar-refractivity contribution in [2.45, 2.75) is 20.5 Å². The van der Waals surface area contributed by atoms with E-state index >= 15 is 0 Å². The van der Waals surface area contributed by atoms with Crippen molar-refractivity contribution in [1.82, 2.24) is 4.57 Å². The Hall–Kier alpha value is -2.56. The molecule has 0 aliphatic rings. The molecule has 23 heavy (non-hydrogen) atoms. The van der Waals surface area contributed by atoms with E-state index in [0.29, 0.717) is 0 Å². The number of nitrogens with zero attached hydrogens (tertiary/aromatic N) is 1. The maximum Gasteiger partial charge on any atom is 0.387 e. The Balaban J connectivity index is 2.15. The average molecular weight is 317 g/mol. The summed E-state index contributed by atoms with van der Waals surface area (Å²) < 4.78 is 36.6. The number of halogens is 2. The molecular weight excluding hydrogens is 300 g/mol. The molecule has 0 unspecified atom stereocenters. The van der Waals surface area contributed by atoms with Crippen molar-refractivity contribution in [3.63, 3.8) is 0 Å². The molecular formula is C18H17F2NO2. The summed E-state index contributed by atoms with van der Waals surface area (Å²) in [5.74, 6) is 0.953. The minimum Gasteiger partial charge on any atom is -0.497 e. The molecule has 2 aromatic carbocycles. The van der Waals surface area contributed by atoms with Gasteiger partial charge in [0.25, 0.3) is 0 Å². The molecule has 0 aliphatic carbocycles. The number of hydrogen-bond donors (Lipinski definition) is 0. The standard InChI is InChI=1S/C18H17F2NO2/c1-11-12(2)21(13-4-6-14(22-3)7-5-13)17-9-8-15(10-16(11)17)23-18(19)20/h4-10,18H,1-3H3. The Kier molecular flexibility index (Phi) is 3.94. The fourth-order valence-corrected chi connectivity index (χ4v) is 2.79. The van der Waals surface area contributed by atoms with Gasteiger partial charge in [0, 0.05) is 16.8 Å². The first kappa shape index (κ1) is 15.3. The molecule has 0 atom stereocenters. The average Bonchev–Trinajstić information content (AvgIpc) is 2.79. The van der Waals surface area contributed by atoms with Crippen LogP contribution in [0.1, 0.15) is 11.3 Å². The van der Waals surface area contributed by atoms with E-state index in [1.807, 2.05) is 38.1 Å². The lowest BCUT2D eigenvalue weighted by atomic mass is 10.1. The lowest BCUT2D eigenvalue weighted by Gasteiger charge is -2.10. The summed E-state index contributed by atoms with van der Waals surface area (Å²) in [6.07, 6.45) is 0. The molecule has 3 aromatic rings. The third kappa shape index (κ3) is 2.74. The molecule has 120 valence electrons. The third-order valence-electron chi connectivity index (χ3n) is 4.05. The first-order valence-electron chi connectivity index (χ1n) is 7.22. The van der Waals surface area contributed by atoms with Gasteiger partial charge >= 0.3 is 6.61 Å². The number of ether oxygens (including phenoxy) is 2. The van der Waals surface area contributed by atoms with Gasteiger partial charge in [-0.1, -0.05) is 0 Å². The molecule has 1 heterocycles. The summed E-state index contributed by atoms with van der Waals surface area (Å²) in [5.41, 5.74) is 4.03. The highest BCUT2D eigenvalue weighted by atomic mass is 19.3. The van der Waals surface area contributed by atoms with Crippen LogP contribution in [0.5, 0.6) is 11.5 Å². The predicted octanol–water partition coefficient (Wildman–Crippen LogP) is 4.86. The number of fused-ring (bicyclic) bond motifs is 1. The second-order valence-electron chi connectivity index (χ2n) is 5.30. The van der Waals surface area contributed by atoms with Crippen LogP contribution in [0.15, 0.2) is 42.5 Å². The lowest BCUT2D eigenvalue weighted by Crippen LogP contribution is -2.01. The molecule has 0 radical (unpaired) electrons. The number of hydrogen-bond acceptors (Lipinski definition) is 2. The normalized spacial score (nSPS) is 11.2. The van der Waals surface area contributed by atoms with Gasteiger partial charge < -0.3 is 14.0 Å². The summed E-state index contributed by atoms with van der Waals surface area (Å²) in [7, 11) is 1.63. The Morgan fingerprint density at radius 2 is 1.61 bits per heavy atom. The fourth-order valence-electron chi connectivity index (χ4n) is 2.79. The molecule has 0 saturated heterocycles. The highest BCUT2D eigenvalue weighted by Crippen LogP contribution is 2.32. The van der Waals surface area contributed by atoms with E-state index in [0.717, 1.165) is 33.6 Å². The van der Waals surface area contributed by atoms with Gasteiger partial charge in [0.1, 0.15) is 11.5 Å². The lowest BCUT2D eigenvalue weighted by molar-refractivity contribution is -0.0497. The topological polar surface area (TPSA) is 23.4 Å². The van der Waals surface area contributed by atoms with Crippen LogP contribution in [0.3, 0.4) is 0 Å². The SMILES string of the molecule is COc1ccc(-n2c(C)c(C)c3cc(OC(F)F)ccc32)cc1.